The second-order valence-corrected chi connectivity index (χ2v) is 6.20. The summed E-state index contributed by atoms with van der Waals surface area (Å²) in [7, 11) is 3.82. The number of carboxylic acid groups (broad SMARTS) is 1. The van der Waals surface area contributed by atoms with Crippen LogP contribution >= 0.6 is 0 Å². The zero-order valence-corrected chi connectivity index (χ0v) is 18.9. The van der Waals surface area contributed by atoms with Crippen molar-refractivity contribution in [3.8, 4) is 11.1 Å². The summed E-state index contributed by atoms with van der Waals surface area (Å²) in [5, 5.41) is 8.60. The first-order valence-corrected chi connectivity index (χ1v) is 9.35. The van der Waals surface area contributed by atoms with Gasteiger partial charge in [-0.1, -0.05) is 36.4 Å². The lowest BCUT2D eigenvalue weighted by Gasteiger charge is -2.11. The van der Waals surface area contributed by atoms with Crippen LogP contribution in [0.25, 0.3) is 11.1 Å². The van der Waals surface area contributed by atoms with E-state index in [0.717, 1.165) is 16.8 Å². The number of rotatable bonds is 3. The topological polar surface area (TPSA) is 118 Å². The van der Waals surface area contributed by atoms with Crippen molar-refractivity contribution in [1.82, 2.24) is 0 Å². The zero-order valence-electron chi connectivity index (χ0n) is 18.9. The number of halogens is 1. The number of primary amides is 1. The van der Waals surface area contributed by atoms with Gasteiger partial charge in [-0.25, -0.2) is 9.18 Å². The molecule has 0 aromatic heterocycles. The molecule has 1 amide bonds. The van der Waals surface area contributed by atoms with E-state index in [0.29, 0.717) is 5.56 Å². The summed E-state index contributed by atoms with van der Waals surface area (Å²) in [6.45, 7) is 6.05. The van der Waals surface area contributed by atoms with Crippen LogP contribution in [0, 0.1) is 12.7 Å². The lowest BCUT2D eigenvalue weighted by atomic mass is 10.0. The normalized spacial score (nSPS) is 8.36. The standard InChI is InChI=1S/C13H11F.C9H11NO2.CH3NO.2CH2O/c1-10-4-2-3-5-13(10)11-6-8-12(14)9-7-11;1-10(2)8-5-3-7(4-6-8)9(11)12;2-1-3;2*1-2/h2-9H,1H3;3-6H,1-2H3,(H,11,12);1H,(H2,2,3);2*1H2. The van der Waals surface area contributed by atoms with E-state index in [2.05, 4.69) is 18.7 Å². The molecule has 3 N–H and O–H groups in total. The number of carbonyl (C=O) groups excluding carboxylic acids is 3. The largest absolute Gasteiger partial charge is 0.478 e. The Morgan fingerprint density at radius 1 is 0.909 bits per heavy atom. The predicted molar refractivity (Wildman–Crippen MR) is 129 cm³/mol. The highest BCUT2D eigenvalue weighted by Gasteiger charge is 2.01. The Hall–Kier alpha value is -4.33. The molecule has 3 aromatic rings. The van der Waals surface area contributed by atoms with Crippen LogP contribution < -0.4 is 10.6 Å². The summed E-state index contributed by atoms with van der Waals surface area (Å²) in [5.74, 6) is -1.08. The van der Waals surface area contributed by atoms with Crippen molar-refractivity contribution in [3.05, 3.63) is 89.7 Å². The molecule has 0 radical (unpaired) electrons. The first-order valence-electron chi connectivity index (χ1n) is 9.35. The average Bonchev–Trinajstić information content (AvgIpc) is 2.84. The zero-order chi connectivity index (χ0) is 25.8. The van der Waals surface area contributed by atoms with Crippen LogP contribution in [0.1, 0.15) is 15.9 Å². The number of benzene rings is 3. The summed E-state index contributed by atoms with van der Waals surface area (Å²) in [5.41, 5.74) is 8.91. The fraction of sp³-hybridized carbons (Fsp3) is 0.120. The van der Waals surface area contributed by atoms with Crippen molar-refractivity contribution >= 4 is 31.6 Å². The van der Waals surface area contributed by atoms with Crippen LogP contribution in [-0.2, 0) is 14.4 Å². The maximum absolute atomic E-state index is 12.7. The molecule has 0 atom stereocenters. The summed E-state index contributed by atoms with van der Waals surface area (Å²) < 4.78 is 12.7. The van der Waals surface area contributed by atoms with Crippen LogP contribution in [0.15, 0.2) is 72.8 Å². The van der Waals surface area contributed by atoms with Crippen molar-refractivity contribution in [3.63, 3.8) is 0 Å². The van der Waals surface area contributed by atoms with E-state index >= 15 is 0 Å². The molecule has 176 valence electrons. The third-order valence-electron chi connectivity index (χ3n) is 3.93. The van der Waals surface area contributed by atoms with Crippen LogP contribution in [0.5, 0.6) is 0 Å². The number of aromatic carboxylic acids is 1. The van der Waals surface area contributed by atoms with Gasteiger partial charge >= 0.3 is 5.97 Å². The minimum absolute atomic E-state index is 0.192. The van der Waals surface area contributed by atoms with Gasteiger partial charge in [0.1, 0.15) is 19.4 Å². The Labute approximate surface area is 193 Å². The molecule has 0 aliphatic rings. The Balaban J connectivity index is 0. The van der Waals surface area contributed by atoms with Crippen LogP contribution in [0.2, 0.25) is 0 Å². The van der Waals surface area contributed by atoms with E-state index in [-0.39, 0.29) is 12.2 Å². The molecular weight excluding hydrogens is 427 g/mol. The minimum Gasteiger partial charge on any atom is -0.478 e. The SMILES string of the molecule is C=O.C=O.CN(C)c1ccc(C(=O)O)cc1.Cc1ccccc1-c1ccc(F)cc1.NC=O. The molecule has 0 aliphatic heterocycles. The van der Waals surface area contributed by atoms with Gasteiger partial charge in [0.05, 0.1) is 5.56 Å². The molecule has 8 heteroatoms. The van der Waals surface area contributed by atoms with Crippen molar-refractivity contribution in [2.75, 3.05) is 19.0 Å². The highest BCUT2D eigenvalue weighted by molar-refractivity contribution is 5.88. The molecule has 0 fully saturated rings. The molecule has 0 bridgehead atoms. The maximum atomic E-state index is 12.7. The lowest BCUT2D eigenvalue weighted by Crippen LogP contribution is -2.08. The first-order chi connectivity index (χ1) is 15.8. The number of carbonyl (C=O) groups is 4. The van der Waals surface area contributed by atoms with E-state index in [1.807, 2.05) is 50.8 Å². The molecule has 0 unspecified atom stereocenters. The van der Waals surface area contributed by atoms with E-state index in [1.165, 1.54) is 17.7 Å². The summed E-state index contributed by atoms with van der Waals surface area (Å²) in [6, 6.07) is 21.4. The molecule has 3 aromatic carbocycles. The fourth-order valence-corrected chi connectivity index (χ4v) is 2.43. The van der Waals surface area contributed by atoms with Gasteiger partial charge in [-0.05, 0) is 60.0 Å². The summed E-state index contributed by atoms with van der Waals surface area (Å²) in [4.78, 5) is 37.0. The number of anilines is 1. The van der Waals surface area contributed by atoms with E-state index in [9.17, 15) is 9.18 Å². The third kappa shape index (κ3) is 12.2. The number of amides is 1. The van der Waals surface area contributed by atoms with Crippen molar-refractivity contribution in [2.24, 2.45) is 5.73 Å². The number of hydrogen-bond acceptors (Lipinski definition) is 5. The molecule has 7 nitrogen and oxygen atoms in total. The number of nitrogens with zero attached hydrogens (tertiary/aromatic N) is 1. The molecule has 33 heavy (non-hydrogen) atoms. The molecule has 3 rings (SSSR count). The second kappa shape index (κ2) is 18.4. The number of carboxylic acids is 1. The van der Waals surface area contributed by atoms with Crippen LogP contribution in [0.4, 0.5) is 10.1 Å². The summed E-state index contributed by atoms with van der Waals surface area (Å²) in [6.07, 6.45) is 0.250. The van der Waals surface area contributed by atoms with Crippen molar-refractivity contribution in [2.45, 2.75) is 6.92 Å². The van der Waals surface area contributed by atoms with Crippen molar-refractivity contribution < 1.29 is 28.7 Å². The Morgan fingerprint density at radius 3 is 1.76 bits per heavy atom. The molecule has 0 aliphatic carbocycles. The average molecular weight is 457 g/mol. The summed E-state index contributed by atoms with van der Waals surface area (Å²) >= 11 is 0. The van der Waals surface area contributed by atoms with Gasteiger partial charge in [-0.3, -0.25) is 4.79 Å². The van der Waals surface area contributed by atoms with E-state index in [4.69, 9.17) is 19.5 Å². The number of nitrogens with two attached hydrogens (primary N) is 1. The van der Waals surface area contributed by atoms with Gasteiger partial charge in [0.25, 0.3) is 0 Å². The van der Waals surface area contributed by atoms with Gasteiger partial charge in [-0.2, -0.15) is 0 Å². The Kier molecular flexibility index (Phi) is 17.2. The van der Waals surface area contributed by atoms with Crippen LogP contribution in [-0.4, -0.2) is 45.2 Å². The monoisotopic (exact) mass is 456 g/mol. The quantitative estimate of drug-likeness (QED) is 0.576. The highest BCUT2D eigenvalue weighted by atomic mass is 19.1. The number of aryl methyl sites for hydroxylation is 1. The second-order valence-electron chi connectivity index (χ2n) is 6.20. The van der Waals surface area contributed by atoms with E-state index in [1.54, 1.807) is 36.4 Å². The van der Waals surface area contributed by atoms with Gasteiger partial charge in [0.2, 0.25) is 6.41 Å². The minimum atomic E-state index is -0.889. The predicted octanol–water partition coefficient (Wildman–Crippen LogP) is 3.98. The van der Waals surface area contributed by atoms with Gasteiger partial charge < -0.3 is 25.3 Å². The molecule has 0 heterocycles. The maximum Gasteiger partial charge on any atom is 0.335 e. The molecule has 0 spiro atoms. The molecule has 0 saturated carbocycles. The van der Waals surface area contributed by atoms with E-state index < -0.39 is 5.97 Å². The van der Waals surface area contributed by atoms with Gasteiger partial charge in [-0.15, -0.1) is 0 Å². The van der Waals surface area contributed by atoms with Crippen molar-refractivity contribution in [1.29, 1.82) is 0 Å². The Morgan fingerprint density at radius 2 is 1.36 bits per heavy atom. The molecular formula is C25H29FN2O5. The van der Waals surface area contributed by atoms with Gasteiger partial charge in [0.15, 0.2) is 0 Å². The fourth-order valence-electron chi connectivity index (χ4n) is 2.43. The Bertz CT molecular complexity index is 944. The third-order valence-corrected chi connectivity index (χ3v) is 3.93. The number of hydrogen-bond donors (Lipinski definition) is 2. The smallest absolute Gasteiger partial charge is 0.335 e. The molecule has 0 saturated heterocycles. The van der Waals surface area contributed by atoms with Crippen LogP contribution in [0.3, 0.4) is 0 Å². The van der Waals surface area contributed by atoms with Gasteiger partial charge in [0, 0.05) is 19.8 Å². The lowest BCUT2D eigenvalue weighted by molar-refractivity contribution is -0.107. The highest BCUT2D eigenvalue weighted by Crippen LogP contribution is 2.22. The first kappa shape index (κ1) is 30.9.